The Morgan fingerprint density at radius 1 is 1.18 bits per heavy atom. The van der Waals surface area contributed by atoms with Crippen molar-refractivity contribution in [1.29, 1.82) is 0 Å². The van der Waals surface area contributed by atoms with Crippen LogP contribution in [0.2, 0.25) is 5.02 Å². The van der Waals surface area contributed by atoms with Gasteiger partial charge in [-0.1, -0.05) is 29.7 Å². The zero-order chi connectivity index (χ0) is 24.1. The van der Waals surface area contributed by atoms with E-state index in [0.29, 0.717) is 19.0 Å². The smallest absolute Gasteiger partial charge is 0.416 e. The van der Waals surface area contributed by atoms with Gasteiger partial charge < -0.3 is 19.3 Å². The minimum absolute atomic E-state index is 0.0919. The Morgan fingerprint density at radius 3 is 2.36 bits per heavy atom. The molecule has 1 aliphatic heterocycles. The van der Waals surface area contributed by atoms with Crippen LogP contribution in [0, 0.1) is 17.3 Å². The number of hydrogen-bond donors (Lipinski definition) is 1. The monoisotopic (exact) mass is 482 g/mol. The number of alkyl halides is 3. The Bertz CT molecular complexity index is 1040. The third-order valence-corrected chi connectivity index (χ3v) is 5.43. The Kier molecular flexibility index (Phi) is 7.77. The van der Waals surface area contributed by atoms with E-state index >= 15 is 0 Å². The van der Waals surface area contributed by atoms with E-state index in [2.05, 4.69) is 11.8 Å². The lowest BCUT2D eigenvalue weighted by Gasteiger charge is -2.40. The van der Waals surface area contributed by atoms with Gasteiger partial charge in [-0.3, -0.25) is 4.79 Å². The summed E-state index contributed by atoms with van der Waals surface area (Å²) in [5.41, 5.74) is -0.533. The molecule has 0 spiro atoms. The van der Waals surface area contributed by atoms with Crippen LogP contribution < -0.4 is 9.47 Å². The highest BCUT2D eigenvalue weighted by molar-refractivity contribution is 6.32. The molecule has 0 amide bonds. The maximum atomic E-state index is 12.8. The van der Waals surface area contributed by atoms with E-state index in [1.54, 1.807) is 31.2 Å². The molecular weight excluding hydrogens is 461 g/mol. The molecule has 1 heterocycles. The molecule has 5 nitrogen and oxygen atoms in total. The highest BCUT2D eigenvalue weighted by Crippen LogP contribution is 2.36. The minimum atomic E-state index is -4.48. The lowest BCUT2D eigenvalue weighted by atomic mass is 9.88. The van der Waals surface area contributed by atoms with Crippen molar-refractivity contribution >= 4 is 17.6 Å². The van der Waals surface area contributed by atoms with E-state index in [1.165, 1.54) is 6.07 Å². The third-order valence-electron chi connectivity index (χ3n) is 5.13. The fourth-order valence-corrected chi connectivity index (χ4v) is 3.49. The maximum absolute atomic E-state index is 12.8. The molecule has 1 fully saturated rings. The highest BCUT2D eigenvalue weighted by atomic mass is 35.5. The van der Waals surface area contributed by atoms with Gasteiger partial charge in [0.25, 0.3) is 0 Å². The van der Waals surface area contributed by atoms with E-state index in [4.69, 9.17) is 30.9 Å². The number of ether oxygens (including phenoxy) is 3. The van der Waals surface area contributed by atoms with E-state index in [-0.39, 0.29) is 30.4 Å². The van der Waals surface area contributed by atoms with Crippen molar-refractivity contribution in [3.63, 3.8) is 0 Å². The van der Waals surface area contributed by atoms with Gasteiger partial charge in [0.05, 0.1) is 41.6 Å². The summed E-state index contributed by atoms with van der Waals surface area (Å²) >= 11 is 5.96. The van der Waals surface area contributed by atoms with Crippen molar-refractivity contribution in [2.75, 3.05) is 26.4 Å². The molecule has 0 aliphatic carbocycles. The average molecular weight is 483 g/mol. The highest BCUT2D eigenvalue weighted by Gasteiger charge is 2.41. The largest absolute Gasteiger partial charge is 0.493 e. The Labute approximate surface area is 194 Å². The van der Waals surface area contributed by atoms with Gasteiger partial charge in [-0.25, -0.2) is 0 Å². The minimum Gasteiger partial charge on any atom is -0.493 e. The predicted molar refractivity (Wildman–Crippen MR) is 116 cm³/mol. The van der Waals surface area contributed by atoms with Gasteiger partial charge in [-0.2, -0.15) is 13.2 Å². The molecule has 0 saturated carbocycles. The fraction of sp³-hybridized carbons (Fsp3) is 0.375. The molecule has 0 radical (unpaired) electrons. The number of rotatable bonds is 9. The molecule has 176 valence electrons. The van der Waals surface area contributed by atoms with E-state index in [1.807, 2.05) is 0 Å². The van der Waals surface area contributed by atoms with Gasteiger partial charge in [0.15, 0.2) is 0 Å². The molecule has 2 aromatic carbocycles. The van der Waals surface area contributed by atoms with Crippen LogP contribution in [-0.4, -0.2) is 37.5 Å². The van der Waals surface area contributed by atoms with Crippen molar-refractivity contribution in [3.8, 4) is 23.3 Å². The standard InChI is InChI=1S/C24H22ClF3O5/c1-2-3-17(10-22(29)30)16-4-7-19(8-5-16)32-14-23(12-31-13-23)15-33-21-9-6-18(11-20(21)25)24(26,27)28/h4-9,11,17H,10,12-15H2,1H3,(H,29,30). The second kappa shape index (κ2) is 10.4. The van der Waals surface area contributed by atoms with Crippen molar-refractivity contribution < 1.29 is 37.3 Å². The number of benzene rings is 2. The van der Waals surface area contributed by atoms with Gasteiger partial charge in [0, 0.05) is 0 Å². The molecule has 1 saturated heterocycles. The fourth-order valence-electron chi connectivity index (χ4n) is 3.26. The third kappa shape index (κ3) is 6.56. The second-order valence-electron chi connectivity index (χ2n) is 7.83. The van der Waals surface area contributed by atoms with Crippen molar-refractivity contribution in [1.82, 2.24) is 0 Å². The summed E-state index contributed by atoms with van der Waals surface area (Å²) in [6, 6.07) is 9.98. The van der Waals surface area contributed by atoms with Crippen LogP contribution in [-0.2, 0) is 15.7 Å². The summed E-state index contributed by atoms with van der Waals surface area (Å²) in [6.45, 7) is 2.82. The van der Waals surface area contributed by atoms with Crippen LogP contribution in [0.5, 0.6) is 11.5 Å². The van der Waals surface area contributed by atoms with E-state index in [0.717, 1.165) is 17.7 Å². The molecule has 0 aromatic heterocycles. The zero-order valence-corrected chi connectivity index (χ0v) is 18.5. The predicted octanol–water partition coefficient (Wildman–Crippen LogP) is 5.41. The van der Waals surface area contributed by atoms with Crippen LogP contribution in [0.25, 0.3) is 0 Å². The Balaban J connectivity index is 1.59. The lowest BCUT2D eigenvalue weighted by Crippen LogP contribution is -2.51. The van der Waals surface area contributed by atoms with Gasteiger partial charge in [-0.15, -0.1) is 5.92 Å². The summed E-state index contributed by atoms with van der Waals surface area (Å²) < 4.78 is 55.3. The summed E-state index contributed by atoms with van der Waals surface area (Å²) in [5, 5.41) is 8.94. The molecule has 1 unspecified atom stereocenters. The van der Waals surface area contributed by atoms with Gasteiger partial charge >= 0.3 is 12.1 Å². The van der Waals surface area contributed by atoms with Crippen LogP contribution in [0.1, 0.15) is 30.4 Å². The van der Waals surface area contributed by atoms with E-state index in [9.17, 15) is 18.0 Å². The summed E-state index contributed by atoms with van der Waals surface area (Å²) in [6.07, 6.45) is -4.57. The van der Waals surface area contributed by atoms with Crippen molar-refractivity contribution in [2.45, 2.75) is 25.4 Å². The van der Waals surface area contributed by atoms with Crippen LogP contribution in [0.15, 0.2) is 42.5 Å². The molecule has 0 bridgehead atoms. The van der Waals surface area contributed by atoms with Crippen LogP contribution >= 0.6 is 11.6 Å². The molecule has 33 heavy (non-hydrogen) atoms. The maximum Gasteiger partial charge on any atom is 0.416 e. The zero-order valence-electron chi connectivity index (χ0n) is 17.7. The molecular formula is C24H22ClF3O5. The quantitative estimate of drug-likeness (QED) is 0.484. The summed E-state index contributed by atoms with van der Waals surface area (Å²) in [7, 11) is 0. The number of carboxylic acids is 1. The average Bonchev–Trinajstić information content (AvgIpc) is 2.72. The first-order chi connectivity index (χ1) is 15.6. The summed E-state index contributed by atoms with van der Waals surface area (Å²) in [4.78, 5) is 11.0. The lowest BCUT2D eigenvalue weighted by molar-refractivity contribution is -0.149. The first-order valence-corrected chi connectivity index (χ1v) is 10.4. The molecule has 1 aliphatic rings. The number of hydrogen-bond acceptors (Lipinski definition) is 4. The van der Waals surface area contributed by atoms with Crippen molar-refractivity contribution in [3.05, 3.63) is 58.6 Å². The Hall–Kier alpha value is -2.89. The first-order valence-electron chi connectivity index (χ1n) is 10.1. The van der Waals surface area contributed by atoms with Crippen LogP contribution in [0.3, 0.4) is 0 Å². The van der Waals surface area contributed by atoms with Crippen LogP contribution in [0.4, 0.5) is 13.2 Å². The molecule has 1 atom stereocenters. The summed E-state index contributed by atoms with van der Waals surface area (Å²) in [5.74, 6) is 5.04. The molecule has 1 N–H and O–H groups in total. The van der Waals surface area contributed by atoms with E-state index < -0.39 is 29.0 Å². The number of halogens is 4. The van der Waals surface area contributed by atoms with Gasteiger partial charge in [0.2, 0.25) is 0 Å². The molecule has 9 heteroatoms. The molecule has 3 rings (SSSR count). The first kappa shape index (κ1) is 24.7. The SMILES string of the molecule is CC#CC(CC(=O)O)c1ccc(OCC2(COc3ccc(C(F)(F)F)cc3Cl)COC2)cc1. The topological polar surface area (TPSA) is 65.0 Å². The number of carboxylic acid groups (broad SMARTS) is 1. The Morgan fingerprint density at radius 2 is 1.85 bits per heavy atom. The number of aliphatic carboxylic acids is 1. The van der Waals surface area contributed by atoms with Gasteiger partial charge in [-0.05, 0) is 42.8 Å². The van der Waals surface area contributed by atoms with Gasteiger partial charge in [0.1, 0.15) is 24.7 Å². The molecule has 2 aromatic rings. The second-order valence-corrected chi connectivity index (χ2v) is 8.23. The normalized spacial score (nSPS) is 15.5. The number of carbonyl (C=O) groups is 1. The van der Waals surface area contributed by atoms with Crippen molar-refractivity contribution in [2.24, 2.45) is 5.41 Å².